The lowest BCUT2D eigenvalue weighted by molar-refractivity contribution is 0.0937. The van der Waals surface area contributed by atoms with Crippen molar-refractivity contribution in [3.63, 3.8) is 0 Å². The van der Waals surface area contributed by atoms with Gasteiger partial charge < -0.3 is 10.3 Å². The Morgan fingerprint density at radius 2 is 2.31 bits per heavy atom. The summed E-state index contributed by atoms with van der Waals surface area (Å²) in [6, 6.07) is 1.50. The Bertz CT molecular complexity index is 356. The molecule has 0 radical (unpaired) electrons. The van der Waals surface area contributed by atoms with E-state index in [1.165, 1.54) is 12.3 Å². The number of nitrogens with one attached hydrogen (secondary N) is 2. The Morgan fingerprint density at radius 1 is 1.62 bits per heavy atom. The molecular formula is C8H11N3O2. The number of hydrogen-bond acceptors (Lipinski definition) is 3. The van der Waals surface area contributed by atoms with E-state index in [4.69, 9.17) is 0 Å². The Morgan fingerprint density at radius 3 is 2.85 bits per heavy atom. The molecule has 70 valence electrons. The smallest absolute Gasteiger partial charge is 0.345 e. The van der Waals surface area contributed by atoms with Crippen molar-refractivity contribution in [2.24, 2.45) is 0 Å². The molecule has 0 atom stereocenters. The van der Waals surface area contributed by atoms with Gasteiger partial charge >= 0.3 is 5.69 Å². The molecule has 0 aliphatic heterocycles. The van der Waals surface area contributed by atoms with Gasteiger partial charge in [0.2, 0.25) is 0 Å². The number of aromatic amines is 1. The second kappa shape index (κ2) is 3.84. The van der Waals surface area contributed by atoms with E-state index in [0.717, 1.165) is 0 Å². The molecule has 2 N–H and O–H groups in total. The van der Waals surface area contributed by atoms with Gasteiger partial charge in [0.1, 0.15) is 5.69 Å². The van der Waals surface area contributed by atoms with E-state index in [0.29, 0.717) is 0 Å². The first-order chi connectivity index (χ1) is 6.09. The lowest BCUT2D eigenvalue weighted by atomic mass is 10.3. The fourth-order valence-electron chi connectivity index (χ4n) is 0.841. The second-order valence-corrected chi connectivity index (χ2v) is 2.92. The van der Waals surface area contributed by atoms with E-state index in [1.54, 1.807) is 0 Å². The minimum atomic E-state index is -0.517. The van der Waals surface area contributed by atoms with Crippen LogP contribution >= 0.6 is 0 Å². The van der Waals surface area contributed by atoms with Crippen LogP contribution in [0.1, 0.15) is 24.3 Å². The molecule has 5 heteroatoms. The summed E-state index contributed by atoms with van der Waals surface area (Å²) in [7, 11) is 0. The van der Waals surface area contributed by atoms with Gasteiger partial charge in [-0.15, -0.1) is 0 Å². The number of H-pyrrole nitrogens is 1. The van der Waals surface area contributed by atoms with Crippen LogP contribution in [-0.4, -0.2) is 21.9 Å². The molecule has 5 nitrogen and oxygen atoms in total. The van der Waals surface area contributed by atoms with E-state index >= 15 is 0 Å². The number of nitrogens with zero attached hydrogens (tertiary/aromatic N) is 1. The summed E-state index contributed by atoms with van der Waals surface area (Å²) in [6.45, 7) is 3.69. The lowest BCUT2D eigenvalue weighted by Crippen LogP contribution is -2.32. The Balaban J connectivity index is 2.83. The normalized spacial score (nSPS) is 10.1. The lowest BCUT2D eigenvalue weighted by Gasteiger charge is -2.06. The molecule has 0 saturated carbocycles. The van der Waals surface area contributed by atoms with Gasteiger partial charge in [-0.05, 0) is 19.9 Å². The molecule has 1 amide bonds. The largest absolute Gasteiger partial charge is 0.349 e. The van der Waals surface area contributed by atoms with E-state index in [1.807, 2.05) is 13.8 Å². The van der Waals surface area contributed by atoms with E-state index in [-0.39, 0.29) is 17.6 Å². The van der Waals surface area contributed by atoms with Crippen LogP contribution in [0.25, 0.3) is 0 Å². The molecule has 0 fully saturated rings. The molecule has 0 saturated heterocycles. The molecule has 1 aromatic heterocycles. The van der Waals surface area contributed by atoms with Crippen LogP contribution in [0.2, 0.25) is 0 Å². The Hall–Kier alpha value is -1.65. The SMILES string of the molecule is CC(C)NC(=O)c1ccnc(=O)[nH]1. The zero-order chi connectivity index (χ0) is 9.84. The highest BCUT2D eigenvalue weighted by Gasteiger charge is 2.06. The molecule has 0 aliphatic carbocycles. The van der Waals surface area contributed by atoms with Crippen molar-refractivity contribution in [2.45, 2.75) is 19.9 Å². The topological polar surface area (TPSA) is 74.8 Å². The third-order valence-corrected chi connectivity index (χ3v) is 1.34. The monoisotopic (exact) mass is 181 g/mol. The highest BCUT2D eigenvalue weighted by atomic mass is 16.2. The van der Waals surface area contributed by atoms with E-state index in [2.05, 4.69) is 15.3 Å². The maximum atomic E-state index is 11.3. The molecule has 1 aromatic rings. The third-order valence-electron chi connectivity index (χ3n) is 1.34. The molecule has 13 heavy (non-hydrogen) atoms. The van der Waals surface area contributed by atoms with Crippen molar-refractivity contribution >= 4 is 5.91 Å². The van der Waals surface area contributed by atoms with Crippen LogP contribution < -0.4 is 11.0 Å². The van der Waals surface area contributed by atoms with E-state index < -0.39 is 5.69 Å². The van der Waals surface area contributed by atoms with Crippen LogP contribution in [0.5, 0.6) is 0 Å². The number of carbonyl (C=O) groups excluding carboxylic acids is 1. The van der Waals surface area contributed by atoms with Gasteiger partial charge in [0, 0.05) is 12.2 Å². The van der Waals surface area contributed by atoms with Gasteiger partial charge in [0.05, 0.1) is 0 Å². The van der Waals surface area contributed by atoms with Crippen molar-refractivity contribution in [1.82, 2.24) is 15.3 Å². The van der Waals surface area contributed by atoms with Crippen LogP contribution in [0.15, 0.2) is 17.1 Å². The zero-order valence-corrected chi connectivity index (χ0v) is 7.50. The van der Waals surface area contributed by atoms with Gasteiger partial charge in [-0.25, -0.2) is 9.78 Å². The first-order valence-corrected chi connectivity index (χ1v) is 3.96. The standard InChI is InChI=1S/C8H11N3O2/c1-5(2)10-7(12)6-3-4-9-8(13)11-6/h3-5H,1-2H3,(H,10,12)(H,9,11,13). The predicted octanol–water partition coefficient (Wildman–Crippen LogP) is -0.0919. The van der Waals surface area contributed by atoms with Crippen molar-refractivity contribution in [2.75, 3.05) is 0 Å². The first-order valence-electron chi connectivity index (χ1n) is 3.96. The fraction of sp³-hybridized carbons (Fsp3) is 0.375. The average Bonchev–Trinajstić information content (AvgIpc) is 2.03. The van der Waals surface area contributed by atoms with Gasteiger partial charge in [0.25, 0.3) is 5.91 Å². The minimum absolute atomic E-state index is 0.0455. The maximum absolute atomic E-state index is 11.3. The van der Waals surface area contributed by atoms with Gasteiger partial charge in [-0.1, -0.05) is 0 Å². The van der Waals surface area contributed by atoms with Crippen LogP contribution in [-0.2, 0) is 0 Å². The van der Waals surface area contributed by atoms with Crippen LogP contribution in [0.4, 0.5) is 0 Å². The van der Waals surface area contributed by atoms with Crippen molar-refractivity contribution in [3.8, 4) is 0 Å². The molecule has 0 aromatic carbocycles. The summed E-state index contributed by atoms with van der Waals surface area (Å²) in [5, 5.41) is 2.65. The molecule has 1 rings (SSSR count). The molecular weight excluding hydrogens is 170 g/mol. The fourth-order valence-corrected chi connectivity index (χ4v) is 0.841. The number of hydrogen-bond donors (Lipinski definition) is 2. The zero-order valence-electron chi connectivity index (χ0n) is 7.50. The van der Waals surface area contributed by atoms with Crippen LogP contribution in [0, 0.1) is 0 Å². The highest BCUT2D eigenvalue weighted by Crippen LogP contribution is 1.89. The van der Waals surface area contributed by atoms with Gasteiger partial charge in [-0.3, -0.25) is 4.79 Å². The minimum Gasteiger partial charge on any atom is -0.349 e. The van der Waals surface area contributed by atoms with Gasteiger partial charge in [0.15, 0.2) is 0 Å². The predicted molar refractivity (Wildman–Crippen MR) is 47.5 cm³/mol. The molecule has 0 aliphatic rings. The summed E-state index contributed by atoms with van der Waals surface area (Å²) in [5.41, 5.74) is -0.287. The summed E-state index contributed by atoms with van der Waals surface area (Å²) < 4.78 is 0. The number of carbonyl (C=O) groups is 1. The number of aromatic nitrogens is 2. The van der Waals surface area contributed by atoms with E-state index in [9.17, 15) is 9.59 Å². The summed E-state index contributed by atoms with van der Waals surface area (Å²) in [4.78, 5) is 27.8. The van der Waals surface area contributed by atoms with Gasteiger partial charge in [-0.2, -0.15) is 0 Å². The molecule has 1 heterocycles. The molecule has 0 spiro atoms. The van der Waals surface area contributed by atoms with Crippen molar-refractivity contribution in [3.05, 3.63) is 28.4 Å². The number of amides is 1. The second-order valence-electron chi connectivity index (χ2n) is 2.92. The van der Waals surface area contributed by atoms with Crippen LogP contribution in [0.3, 0.4) is 0 Å². The van der Waals surface area contributed by atoms with Crippen molar-refractivity contribution < 1.29 is 4.79 Å². The highest BCUT2D eigenvalue weighted by molar-refractivity contribution is 5.92. The Labute approximate surface area is 75.2 Å². The average molecular weight is 181 g/mol. The summed E-state index contributed by atoms with van der Waals surface area (Å²) in [5.74, 6) is -0.297. The first kappa shape index (κ1) is 9.44. The summed E-state index contributed by atoms with van der Waals surface area (Å²) >= 11 is 0. The Kier molecular flexibility index (Phi) is 2.79. The molecule has 0 bridgehead atoms. The molecule has 0 unspecified atom stereocenters. The van der Waals surface area contributed by atoms with Crippen molar-refractivity contribution in [1.29, 1.82) is 0 Å². The number of rotatable bonds is 2. The quantitative estimate of drug-likeness (QED) is 0.669. The maximum Gasteiger partial charge on any atom is 0.345 e. The summed E-state index contributed by atoms with van der Waals surface area (Å²) in [6.07, 6.45) is 1.30. The third kappa shape index (κ3) is 2.70.